The molecule has 1 aliphatic rings. The van der Waals surface area contributed by atoms with Crippen LogP contribution in [0.5, 0.6) is 0 Å². The summed E-state index contributed by atoms with van der Waals surface area (Å²) in [5.74, 6) is 0. The number of ether oxygens (including phenoxy) is 2. The first kappa shape index (κ1) is 9.62. The average Bonchev–Trinajstić information content (AvgIpc) is 2.32. The van der Waals surface area contributed by atoms with Crippen molar-refractivity contribution in [3.63, 3.8) is 0 Å². The van der Waals surface area contributed by atoms with Gasteiger partial charge in [0.25, 0.3) is 0 Å². The van der Waals surface area contributed by atoms with E-state index >= 15 is 0 Å². The molecule has 0 aromatic carbocycles. The first-order valence-electron chi connectivity index (χ1n) is 3.00. The highest BCUT2D eigenvalue weighted by atomic mass is 35.6. The van der Waals surface area contributed by atoms with Crippen molar-refractivity contribution in [2.45, 2.75) is 16.2 Å². The van der Waals surface area contributed by atoms with Gasteiger partial charge in [0.2, 0.25) is 10.1 Å². The fraction of sp³-hybridized carbons (Fsp3) is 0.667. The quantitative estimate of drug-likeness (QED) is 0.496. The SMILES string of the molecule is C=C[C@H]1CO[C@@H](C(Cl)(Cl)Cl)O1. The monoisotopic (exact) mass is 216 g/mol. The molecule has 5 heteroatoms. The zero-order chi connectivity index (χ0) is 8.48. The van der Waals surface area contributed by atoms with Crippen LogP contribution in [-0.4, -0.2) is 22.8 Å². The second-order valence-corrected chi connectivity index (χ2v) is 4.49. The van der Waals surface area contributed by atoms with E-state index < -0.39 is 10.1 Å². The predicted octanol–water partition coefficient (Wildman–Crippen LogP) is 2.28. The minimum atomic E-state index is -1.52. The van der Waals surface area contributed by atoms with Crippen LogP contribution in [0.4, 0.5) is 0 Å². The zero-order valence-electron chi connectivity index (χ0n) is 5.60. The molecule has 2 atom stereocenters. The molecule has 1 saturated heterocycles. The standard InChI is InChI=1S/C6H7Cl3O2/c1-2-4-3-10-5(11-4)6(7,8)9/h2,4-5H,1,3H2/t4-,5+/m0/s1. The summed E-state index contributed by atoms with van der Waals surface area (Å²) in [5, 5.41) is 0. The first-order valence-corrected chi connectivity index (χ1v) is 4.14. The Labute approximate surface area is 80.0 Å². The molecule has 1 heterocycles. The second-order valence-electron chi connectivity index (χ2n) is 2.12. The third kappa shape index (κ3) is 2.49. The molecule has 1 aliphatic heterocycles. The van der Waals surface area contributed by atoms with E-state index in [1.165, 1.54) is 0 Å². The van der Waals surface area contributed by atoms with Gasteiger partial charge in [-0.15, -0.1) is 6.58 Å². The maximum Gasteiger partial charge on any atom is 0.240 e. The lowest BCUT2D eigenvalue weighted by Crippen LogP contribution is -2.26. The van der Waals surface area contributed by atoms with E-state index in [1.807, 2.05) is 0 Å². The lowest BCUT2D eigenvalue weighted by Gasteiger charge is -2.17. The second kappa shape index (κ2) is 3.50. The molecule has 0 N–H and O–H groups in total. The summed E-state index contributed by atoms with van der Waals surface area (Å²) < 4.78 is 8.65. The Morgan fingerprint density at radius 1 is 1.45 bits per heavy atom. The number of alkyl halides is 3. The van der Waals surface area contributed by atoms with Crippen molar-refractivity contribution in [2.75, 3.05) is 6.61 Å². The molecule has 0 spiro atoms. The molecular weight excluding hydrogens is 210 g/mol. The summed E-state index contributed by atoms with van der Waals surface area (Å²) in [6.45, 7) is 3.92. The van der Waals surface area contributed by atoms with Crippen molar-refractivity contribution in [3.8, 4) is 0 Å². The van der Waals surface area contributed by atoms with Gasteiger partial charge in [-0.05, 0) is 0 Å². The molecular formula is C6H7Cl3O2. The molecule has 0 amide bonds. The van der Waals surface area contributed by atoms with E-state index in [1.54, 1.807) is 6.08 Å². The molecule has 11 heavy (non-hydrogen) atoms. The van der Waals surface area contributed by atoms with Crippen LogP contribution in [0, 0.1) is 0 Å². The summed E-state index contributed by atoms with van der Waals surface area (Å²) >= 11 is 16.5. The Hall–Kier alpha value is 0.530. The Bertz CT molecular complexity index is 154. The fourth-order valence-corrected chi connectivity index (χ4v) is 1.06. The minimum absolute atomic E-state index is 0.171. The molecule has 0 aliphatic carbocycles. The summed E-state index contributed by atoms with van der Waals surface area (Å²) in [5.41, 5.74) is 0. The van der Waals surface area contributed by atoms with Crippen LogP contribution in [0.1, 0.15) is 0 Å². The minimum Gasteiger partial charge on any atom is -0.345 e. The third-order valence-electron chi connectivity index (χ3n) is 1.24. The highest BCUT2D eigenvalue weighted by molar-refractivity contribution is 6.67. The average molecular weight is 217 g/mol. The summed E-state index contributed by atoms with van der Waals surface area (Å²) in [7, 11) is 0. The Morgan fingerprint density at radius 2 is 2.09 bits per heavy atom. The van der Waals surface area contributed by atoms with Crippen LogP contribution in [0.2, 0.25) is 0 Å². The van der Waals surface area contributed by atoms with Gasteiger partial charge in [0.1, 0.15) is 6.10 Å². The fourth-order valence-electron chi connectivity index (χ4n) is 0.715. The third-order valence-corrected chi connectivity index (χ3v) is 1.77. The van der Waals surface area contributed by atoms with Gasteiger partial charge in [-0.1, -0.05) is 40.9 Å². The molecule has 0 radical (unpaired) electrons. The van der Waals surface area contributed by atoms with Crippen LogP contribution >= 0.6 is 34.8 Å². The summed E-state index contributed by atoms with van der Waals surface area (Å²) in [4.78, 5) is 0. The maximum absolute atomic E-state index is 5.51. The van der Waals surface area contributed by atoms with E-state index in [2.05, 4.69) is 6.58 Å². The Morgan fingerprint density at radius 3 is 2.36 bits per heavy atom. The number of hydrogen-bond donors (Lipinski definition) is 0. The molecule has 1 rings (SSSR count). The highest BCUT2D eigenvalue weighted by Gasteiger charge is 2.40. The molecule has 2 nitrogen and oxygen atoms in total. The van der Waals surface area contributed by atoms with Crippen LogP contribution in [0.15, 0.2) is 12.7 Å². The predicted molar refractivity (Wildman–Crippen MR) is 45.1 cm³/mol. The van der Waals surface area contributed by atoms with Crippen molar-refractivity contribution in [2.24, 2.45) is 0 Å². The van der Waals surface area contributed by atoms with E-state index in [0.717, 1.165) is 0 Å². The van der Waals surface area contributed by atoms with E-state index in [-0.39, 0.29) is 6.10 Å². The molecule has 64 valence electrons. The van der Waals surface area contributed by atoms with Crippen molar-refractivity contribution in [3.05, 3.63) is 12.7 Å². The van der Waals surface area contributed by atoms with Gasteiger partial charge in [0.15, 0.2) is 0 Å². The van der Waals surface area contributed by atoms with Crippen molar-refractivity contribution in [1.82, 2.24) is 0 Å². The van der Waals surface area contributed by atoms with Crippen LogP contribution in [0.25, 0.3) is 0 Å². The van der Waals surface area contributed by atoms with E-state index in [9.17, 15) is 0 Å². The molecule has 0 unspecified atom stereocenters. The maximum atomic E-state index is 5.51. The lowest BCUT2D eigenvalue weighted by molar-refractivity contribution is -0.0465. The smallest absolute Gasteiger partial charge is 0.240 e. The van der Waals surface area contributed by atoms with Gasteiger partial charge in [-0.3, -0.25) is 0 Å². The van der Waals surface area contributed by atoms with Gasteiger partial charge in [0.05, 0.1) is 6.61 Å². The molecule has 1 fully saturated rings. The van der Waals surface area contributed by atoms with Gasteiger partial charge in [-0.2, -0.15) is 0 Å². The summed E-state index contributed by atoms with van der Waals surface area (Å²) in [6, 6.07) is 0. The van der Waals surface area contributed by atoms with Crippen molar-refractivity contribution in [1.29, 1.82) is 0 Å². The largest absolute Gasteiger partial charge is 0.345 e. The zero-order valence-corrected chi connectivity index (χ0v) is 7.86. The van der Waals surface area contributed by atoms with E-state index in [0.29, 0.717) is 6.61 Å². The summed E-state index contributed by atoms with van der Waals surface area (Å²) in [6.07, 6.45) is 0.655. The van der Waals surface area contributed by atoms with Gasteiger partial charge < -0.3 is 9.47 Å². The van der Waals surface area contributed by atoms with Crippen LogP contribution in [0.3, 0.4) is 0 Å². The molecule has 0 aromatic rings. The first-order chi connectivity index (χ1) is 5.04. The van der Waals surface area contributed by atoms with Gasteiger partial charge in [-0.25, -0.2) is 0 Å². The topological polar surface area (TPSA) is 18.5 Å². The Kier molecular flexibility index (Phi) is 3.06. The molecule has 0 aromatic heterocycles. The molecule has 0 bridgehead atoms. The Balaban J connectivity index is 2.48. The number of rotatable bonds is 1. The van der Waals surface area contributed by atoms with Gasteiger partial charge in [0, 0.05) is 0 Å². The van der Waals surface area contributed by atoms with E-state index in [4.69, 9.17) is 44.3 Å². The molecule has 0 saturated carbocycles. The highest BCUT2D eigenvalue weighted by Crippen LogP contribution is 2.36. The number of halogens is 3. The normalized spacial score (nSPS) is 32.3. The van der Waals surface area contributed by atoms with Crippen LogP contribution < -0.4 is 0 Å². The lowest BCUT2D eigenvalue weighted by atomic mass is 10.4. The van der Waals surface area contributed by atoms with Crippen LogP contribution in [-0.2, 0) is 9.47 Å². The number of hydrogen-bond acceptors (Lipinski definition) is 2. The van der Waals surface area contributed by atoms with Crippen molar-refractivity contribution >= 4 is 34.8 Å². The van der Waals surface area contributed by atoms with Crippen molar-refractivity contribution < 1.29 is 9.47 Å². The van der Waals surface area contributed by atoms with Gasteiger partial charge >= 0.3 is 0 Å².